The van der Waals surface area contributed by atoms with E-state index in [-0.39, 0.29) is 6.42 Å². The first kappa shape index (κ1) is 7.27. The van der Waals surface area contributed by atoms with Crippen LogP contribution in [0.3, 0.4) is 0 Å². The van der Waals surface area contributed by atoms with Crippen LogP contribution in [-0.4, -0.2) is 14.4 Å². The fraction of sp³-hybridized carbons (Fsp3) is 0.400. The van der Waals surface area contributed by atoms with E-state index < -0.39 is 16.1 Å². The maximum Gasteiger partial charge on any atom is 0.334 e. The van der Waals surface area contributed by atoms with Gasteiger partial charge < -0.3 is 4.18 Å². The van der Waals surface area contributed by atoms with Crippen LogP contribution in [-0.2, 0) is 19.1 Å². The lowest BCUT2D eigenvalue weighted by Gasteiger charge is -2.07. The molecule has 1 aliphatic rings. The zero-order valence-corrected chi connectivity index (χ0v) is 6.14. The van der Waals surface area contributed by atoms with Crippen molar-refractivity contribution in [1.29, 1.82) is 0 Å². The van der Waals surface area contributed by atoms with Crippen LogP contribution in [0.15, 0.2) is 11.0 Å². The average molecular weight is 162 g/mol. The summed E-state index contributed by atoms with van der Waals surface area (Å²) < 4.78 is 25.1. The predicted molar refractivity (Wildman–Crippen MR) is 33.4 cm³/mol. The van der Waals surface area contributed by atoms with Crippen LogP contribution < -0.4 is 0 Å². The van der Waals surface area contributed by atoms with Gasteiger partial charge in [0.15, 0.2) is 0 Å². The van der Waals surface area contributed by atoms with Crippen LogP contribution in [0.5, 0.6) is 0 Å². The van der Waals surface area contributed by atoms with Crippen LogP contribution in [0.4, 0.5) is 0 Å². The normalized spacial score (nSPS) is 23.3. The summed E-state index contributed by atoms with van der Waals surface area (Å²) in [5.41, 5.74) is 0.510. The Morgan fingerprint density at radius 3 is 2.60 bits per heavy atom. The maximum absolute atomic E-state index is 10.6. The van der Waals surface area contributed by atoms with Crippen molar-refractivity contribution >= 4 is 16.1 Å². The first-order valence-electron chi connectivity index (χ1n) is 2.64. The van der Waals surface area contributed by atoms with Crippen molar-refractivity contribution in [2.75, 3.05) is 0 Å². The number of rotatable bonds is 0. The molecule has 1 aliphatic heterocycles. The lowest BCUT2D eigenvalue weighted by molar-refractivity contribution is -0.133. The van der Waals surface area contributed by atoms with Crippen molar-refractivity contribution in [2.24, 2.45) is 0 Å². The molecule has 10 heavy (non-hydrogen) atoms. The monoisotopic (exact) mass is 162 g/mol. The van der Waals surface area contributed by atoms with Gasteiger partial charge in [0.1, 0.15) is 0 Å². The van der Waals surface area contributed by atoms with E-state index >= 15 is 0 Å². The molecule has 0 fully saturated rings. The van der Waals surface area contributed by atoms with Gasteiger partial charge in [0.25, 0.3) is 0 Å². The van der Waals surface area contributed by atoms with Gasteiger partial charge in [-0.05, 0) is 12.5 Å². The minimum Gasteiger partial charge on any atom is -0.342 e. The van der Waals surface area contributed by atoms with Crippen LogP contribution in [0.1, 0.15) is 13.3 Å². The molecule has 0 radical (unpaired) electrons. The Morgan fingerprint density at radius 2 is 2.20 bits per heavy atom. The number of carbonyl (C=O) groups is 1. The molecule has 0 aromatic rings. The van der Waals surface area contributed by atoms with Gasteiger partial charge in [-0.3, -0.25) is 4.79 Å². The summed E-state index contributed by atoms with van der Waals surface area (Å²) in [7, 11) is -3.69. The molecule has 0 aliphatic carbocycles. The molecule has 0 aromatic carbocycles. The van der Waals surface area contributed by atoms with Crippen LogP contribution in [0.2, 0.25) is 0 Å². The fourth-order valence-electron chi connectivity index (χ4n) is 0.699. The highest BCUT2D eigenvalue weighted by Crippen LogP contribution is 2.13. The summed E-state index contributed by atoms with van der Waals surface area (Å²) in [6.45, 7) is 1.57. The molecule has 0 saturated carbocycles. The molecule has 56 valence electrons. The highest BCUT2D eigenvalue weighted by Gasteiger charge is 2.20. The molecular formula is C5H6O4S. The number of hydrogen-bond acceptors (Lipinski definition) is 4. The Kier molecular flexibility index (Phi) is 1.52. The molecule has 4 nitrogen and oxygen atoms in total. The predicted octanol–water partition coefficient (Wildman–Crippen LogP) is 0.167. The van der Waals surface area contributed by atoms with Crippen molar-refractivity contribution in [3.63, 3.8) is 0 Å². The smallest absolute Gasteiger partial charge is 0.334 e. The van der Waals surface area contributed by atoms with E-state index in [0.29, 0.717) is 5.57 Å². The molecule has 5 heteroatoms. The van der Waals surface area contributed by atoms with Crippen molar-refractivity contribution in [2.45, 2.75) is 13.3 Å². The van der Waals surface area contributed by atoms with E-state index in [0.717, 1.165) is 5.41 Å². The van der Waals surface area contributed by atoms with Crippen molar-refractivity contribution in [3.05, 3.63) is 11.0 Å². The third-order valence-corrected chi connectivity index (χ3v) is 2.09. The molecule has 0 unspecified atom stereocenters. The van der Waals surface area contributed by atoms with Gasteiger partial charge >= 0.3 is 16.1 Å². The van der Waals surface area contributed by atoms with Gasteiger partial charge in [0, 0.05) is 0 Å². The van der Waals surface area contributed by atoms with Gasteiger partial charge in [0.2, 0.25) is 0 Å². The minimum absolute atomic E-state index is 0.0687. The topological polar surface area (TPSA) is 60.4 Å². The number of hydrogen-bond donors (Lipinski definition) is 0. The Labute approximate surface area is 58.6 Å². The van der Waals surface area contributed by atoms with Gasteiger partial charge in [-0.2, -0.15) is 8.42 Å². The number of carbonyl (C=O) groups excluding carboxylic acids is 1. The van der Waals surface area contributed by atoms with Crippen LogP contribution >= 0.6 is 0 Å². The van der Waals surface area contributed by atoms with Crippen LogP contribution in [0.25, 0.3) is 0 Å². The second-order valence-corrected chi connectivity index (χ2v) is 3.48. The molecule has 0 N–H and O–H groups in total. The Balaban J connectivity index is 3.07. The van der Waals surface area contributed by atoms with E-state index in [1.807, 2.05) is 0 Å². The van der Waals surface area contributed by atoms with Gasteiger partial charge in [0.05, 0.1) is 11.8 Å². The van der Waals surface area contributed by atoms with E-state index in [9.17, 15) is 13.2 Å². The Morgan fingerprint density at radius 1 is 1.60 bits per heavy atom. The summed E-state index contributed by atoms with van der Waals surface area (Å²) in [6.07, 6.45) is 0.0687. The molecule has 0 spiro atoms. The lowest BCUT2D eigenvalue weighted by atomic mass is 10.2. The molecule has 0 bridgehead atoms. The summed E-state index contributed by atoms with van der Waals surface area (Å²) in [6, 6.07) is 0. The zero-order valence-electron chi connectivity index (χ0n) is 5.33. The highest BCUT2D eigenvalue weighted by atomic mass is 32.2. The second kappa shape index (κ2) is 2.09. The lowest BCUT2D eigenvalue weighted by Crippen LogP contribution is -2.15. The standard InChI is InChI=1S/C5H6O4S/c1-4-2-5(6)9-10(7,8)3-4/h3H,2H2,1H3. The third-order valence-electron chi connectivity index (χ3n) is 0.978. The maximum atomic E-state index is 10.6. The largest absolute Gasteiger partial charge is 0.342 e. The molecular weight excluding hydrogens is 156 g/mol. The Hall–Kier alpha value is -0.840. The van der Waals surface area contributed by atoms with Crippen molar-refractivity contribution in [3.8, 4) is 0 Å². The van der Waals surface area contributed by atoms with Gasteiger partial charge in [-0.15, -0.1) is 0 Å². The van der Waals surface area contributed by atoms with Crippen LogP contribution in [0, 0.1) is 0 Å². The van der Waals surface area contributed by atoms with E-state index in [1.165, 1.54) is 0 Å². The van der Waals surface area contributed by atoms with E-state index in [4.69, 9.17) is 0 Å². The zero-order chi connectivity index (χ0) is 7.78. The summed E-state index contributed by atoms with van der Waals surface area (Å²) in [5, 5.41) is 0.953. The summed E-state index contributed by atoms with van der Waals surface area (Å²) in [4.78, 5) is 10.4. The van der Waals surface area contributed by atoms with Crippen molar-refractivity contribution < 1.29 is 17.4 Å². The third kappa shape index (κ3) is 1.57. The molecule has 1 heterocycles. The molecule has 0 amide bonds. The second-order valence-electron chi connectivity index (χ2n) is 2.09. The summed E-state index contributed by atoms with van der Waals surface area (Å²) >= 11 is 0. The van der Waals surface area contributed by atoms with E-state index in [2.05, 4.69) is 4.18 Å². The molecule has 1 rings (SSSR count). The molecule has 0 aromatic heterocycles. The minimum atomic E-state index is -3.69. The molecule has 0 saturated heterocycles. The fourth-order valence-corrected chi connectivity index (χ4v) is 1.64. The average Bonchev–Trinajstić information content (AvgIpc) is 1.54. The first-order chi connectivity index (χ1) is 4.49. The van der Waals surface area contributed by atoms with Gasteiger partial charge in [-0.1, -0.05) is 0 Å². The quantitative estimate of drug-likeness (QED) is 0.476. The Bertz CT molecular complexity index is 285. The highest BCUT2D eigenvalue weighted by molar-refractivity contribution is 7.90. The summed E-state index contributed by atoms with van der Waals surface area (Å²) in [5.74, 6) is -0.708. The van der Waals surface area contributed by atoms with Gasteiger partial charge in [-0.25, -0.2) is 0 Å². The SMILES string of the molecule is CC1=CS(=O)(=O)OC(=O)C1. The van der Waals surface area contributed by atoms with E-state index in [1.54, 1.807) is 6.92 Å². The first-order valence-corrected chi connectivity index (χ1v) is 4.11. The van der Waals surface area contributed by atoms with Crippen molar-refractivity contribution in [1.82, 2.24) is 0 Å². The molecule has 0 atom stereocenters.